The van der Waals surface area contributed by atoms with Gasteiger partial charge in [0.15, 0.2) is 9.84 Å². The molecule has 0 aromatic heterocycles. The summed E-state index contributed by atoms with van der Waals surface area (Å²) >= 11 is 0. The lowest BCUT2D eigenvalue weighted by Crippen LogP contribution is -2.18. The number of rotatable bonds is 3. The van der Waals surface area contributed by atoms with Gasteiger partial charge in [-0.15, -0.1) is 0 Å². The lowest BCUT2D eigenvalue weighted by Gasteiger charge is -2.06. The topological polar surface area (TPSA) is 34.1 Å². The third-order valence-corrected chi connectivity index (χ3v) is 3.60. The predicted molar refractivity (Wildman–Crippen MR) is 38.9 cm³/mol. The monoisotopic (exact) mass is 149 g/mol. The third kappa shape index (κ3) is 2.35. The average Bonchev–Trinajstić information content (AvgIpc) is 1.86. The molecule has 0 saturated carbocycles. The summed E-state index contributed by atoms with van der Waals surface area (Å²) in [6.07, 6.45) is 0.678. The van der Waals surface area contributed by atoms with E-state index < -0.39 is 9.84 Å². The van der Waals surface area contributed by atoms with Crippen LogP contribution in [0.4, 0.5) is 0 Å². The fourth-order valence-corrected chi connectivity index (χ4v) is 1.37. The Morgan fingerprint density at radius 2 is 2.00 bits per heavy atom. The van der Waals surface area contributed by atoms with Gasteiger partial charge in [-0.2, -0.15) is 0 Å². The predicted octanol–water partition coefficient (Wildman–Crippen LogP) is 1.03. The van der Waals surface area contributed by atoms with Crippen LogP contribution in [0.5, 0.6) is 0 Å². The molecule has 0 rings (SSSR count). The van der Waals surface area contributed by atoms with Crippen molar-refractivity contribution in [3.8, 4) is 0 Å². The van der Waals surface area contributed by atoms with Crippen molar-refractivity contribution >= 4 is 9.84 Å². The van der Waals surface area contributed by atoms with Gasteiger partial charge < -0.3 is 0 Å². The van der Waals surface area contributed by atoms with E-state index in [1.165, 1.54) is 0 Å². The second-order valence-corrected chi connectivity index (χ2v) is 4.62. The van der Waals surface area contributed by atoms with Crippen LogP contribution in [0.1, 0.15) is 20.3 Å². The van der Waals surface area contributed by atoms with Crippen molar-refractivity contribution in [2.75, 3.05) is 5.75 Å². The van der Waals surface area contributed by atoms with Gasteiger partial charge in [0.2, 0.25) is 0 Å². The van der Waals surface area contributed by atoms with E-state index in [2.05, 4.69) is 6.92 Å². The van der Waals surface area contributed by atoms with Crippen molar-refractivity contribution in [3.63, 3.8) is 0 Å². The van der Waals surface area contributed by atoms with Gasteiger partial charge in [-0.3, -0.25) is 0 Å². The highest BCUT2D eigenvalue weighted by Gasteiger charge is 2.15. The van der Waals surface area contributed by atoms with Crippen LogP contribution in [0.3, 0.4) is 0 Å². The highest BCUT2D eigenvalue weighted by Crippen LogP contribution is 2.04. The molecule has 0 bridgehead atoms. The minimum atomic E-state index is -2.86. The first-order valence-corrected chi connectivity index (χ1v) is 4.77. The minimum absolute atomic E-state index is 0.0159. The smallest absolute Gasteiger partial charge is 0.152 e. The lowest BCUT2D eigenvalue weighted by molar-refractivity contribution is 0.584. The van der Waals surface area contributed by atoms with E-state index in [1.807, 2.05) is 6.92 Å². The Labute approximate surface area is 57.2 Å². The molecule has 0 N–H and O–H groups in total. The van der Waals surface area contributed by atoms with E-state index in [4.69, 9.17) is 0 Å². The molecule has 0 heterocycles. The fourth-order valence-electron chi connectivity index (χ4n) is 0.455. The van der Waals surface area contributed by atoms with Crippen molar-refractivity contribution in [2.45, 2.75) is 25.5 Å². The van der Waals surface area contributed by atoms with Crippen LogP contribution < -0.4 is 0 Å². The standard InChI is InChI=1S/C6H13O2S/c1-4-6(3)9(7,8)5-2/h6H,2,4-5H2,1,3H3. The van der Waals surface area contributed by atoms with E-state index in [9.17, 15) is 8.42 Å². The van der Waals surface area contributed by atoms with Crippen LogP contribution in [0.2, 0.25) is 0 Å². The molecule has 1 unspecified atom stereocenters. The summed E-state index contributed by atoms with van der Waals surface area (Å²) in [6, 6.07) is 0. The van der Waals surface area contributed by atoms with Gasteiger partial charge in [-0.1, -0.05) is 6.92 Å². The van der Waals surface area contributed by atoms with Gasteiger partial charge in [0.05, 0.1) is 11.0 Å². The molecule has 9 heavy (non-hydrogen) atoms. The molecule has 0 saturated heterocycles. The molecular weight excluding hydrogens is 136 g/mol. The molecule has 0 aromatic rings. The fraction of sp³-hybridized carbons (Fsp3) is 0.833. The van der Waals surface area contributed by atoms with Crippen LogP contribution in [-0.2, 0) is 9.84 Å². The zero-order valence-corrected chi connectivity index (χ0v) is 6.74. The molecule has 55 valence electrons. The number of hydrogen-bond acceptors (Lipinski definition) is 2. The van der Waals surface area contributed by atoms with E-state index in [1.54, 1.807) is 6.92 Å². The quantitative estimate of drug-likeness (QED) is 0.600. The highest BCUT2D eigenvalue weighted by atomic mass is 32.2. The van der Waals surface area contributed by atoms with E-state index >= 15 is 0 Å². The van der Waals surface area contributed by atoms with E-state index in [0.29, 0.717) is 6.42 Å². The molecule has 0 aliphatic heterocycles. The zero-order valence-electron chi connectivity index (χ0n) is 5.92. The Morgan fingerprint density at radius 3 is 2.11 bits per heavy atom. The highest BCUT2D eigenvalue weighted by molar-refractivity contribution is 7.92. The summed E-state index contributed by atoms with van der Waals surface area (Å²) in [5.41, 5.74) is 0. The summed E-state index contributed by atoms with van der Waals surface area (Å²) < 4.78 is 21.7. The van der Waals surface area contributed by atoms with Gasteiger partial charge >= 0.3 is 0 Å². The third-order valence-electron chi connectivity index (χ3n) is 1.47. The zero-order chi connectivity index (χ0) is 7.49. The Kier molecular flexibility index (Phi) is 3.18. The maximum Gasteiger partial charge on any atom is 0.152 e. The SMILES string of the molecule is [CH2]CS(=O)(=O)C(C)CC. The van der Waals surface area contributed by atoms with E-state index in [-0.39, 0.29) is 11.0 Å². The van der Waals surface area contributed by atoms with Gasteiger partial charge in [0, 0.05) is 0 Å². The maximum atomic E-state index is 10.9. The largest absolute Gasteiger partial charge is 0.229 e. The summed E-state index contributed by atoms with van der Waals surface area (Å²) in [5, 5.41) is -0.227. The Hall–Kier alpha value is -0.0500. The van der Waals surface area contributed by atoms with Crippen molar-refractivity contribution in [3.05, 3.63) is 6.92 Å². The van der Waals surface area contributed by atoms with Crippen LogP contribution in [0.15, 0.2) is 0 Å². The molecule has 0 spiro atoms. The molecule has 0 fully saturated rings. The van der Waals surface area contributed by atoms with Crippen LogP contribution in [0, 0.1) is 6.92 Å². The number of hydrogen-bond donors (Lipinski definition) is 0. The lowest BCUT2D eigenvalue weighted by atomic mass is 10.4. The van der Waals surface area contributed by atoms with Crippen molar-refractivity contribution < 1.29 is 8.42 Å². The molecule has 0 aliphatic carbocycles. The second-order valence-electron chi connectivity index (χ2n) is 2.09. The minimum Gasteiger partial charge on any atom is -0.229 e. The van der Waals surface area contributed by atoms with Gasteiger partial charge in [-0.05, 0) is 20.3 Å². The Morgan fingerprint density at radius 1 is 1.56 bits per heavy atom. The first kappa shape index (κ1) is 8.95. The molecule has 0 amide bonds. The summed E-state index contributed by atoms with van der Waals surface area (Å²) in [5.74, 6) is 0.0159. The Balaban J connectivity index is 4.17. The summed E-state index contributed by atoms with van der Waals surface area (Å²) in [4.78, 5) is 0. The molecule has 0 aromatic carbocycles. The van der Waals surface area contributed by atoms with Gasteiger partial charge in [0.1, 0.15) is 0 Å². The van der Waals surface area contributed by atoms with Gasteiger partial charge in [0.25, 0.3) is 0 Å². The second kappa shape index (κ2) is 3.20. The van der Waals surface area contributed by atoms with Gasteiger partial charge in [-0.25, -0.2) is 8.42 Å². The molecular formula is C6H13O2S. The van der Waals surface area contributed by atoms with Crippen LogP contribution >= 0.6 is 0 Å². The molecule has 2 nitrogen and oxygen atoms in total. The first-order chi connectivity index (χ1) is 4.04. The average molecular weight is 149 g/mol. The normalized spacial score (nSPS) is 15.4. The van der Waals surface area contributed by atoms with Crippen molar-refractivity contribution in [2.24, 2.45) is 0 Å². The summed E-state index contributed by atoms with van der Waals surface area (Å²) in [6.45, 7) is 6.91. The van der Waals surface area contributed by atoms with Crippen molar-refractivity contribution in [1.82, 2.24) is 0 Å². The van der Waals surface area contributed by atoms with E-state index in [0.717, 1.165) is 0 Å². The summed E-state index contributed by atoms with van der Waals surface area (Å²) in [7, 11) is -2.86. The molecule has 1 atom stereocenters. The number of sulfone groups is 1. The molecule has 3 heteroatoms. The maximum absolute atomic E-state index is 10.9. The molecule has 1 radical (unpaired) electrons. The Bertz CT molecular complexity index is 158. The van der Waals surface area contributed by atoms with Crippen LogP contribution in [-0.4, -0.2) is 19.4 Å². The van der Waals surface area contributed by atoms with Crippen molar-refractivity contribution in [1.29, 1.82) is 0 Å². The molecule has 0 aliphatic rings. The first-order valence-electron chi connectivity index (χ1n) is 3.05. The van der Waals surface area contributed by atoms with Crippen LogP contribution in [0.25, 0.3) is 0 Å².